The number of amides is 2. The Kier molecular flexibility index (Phi) is 5.84. The van der Waals surface area contributed by atoms with E-state index in [1.165, 1.54) is 18.2 Å². The molecule has 0 radical (unpaired) electrons. The summed E-state index contributed by atoms with van der Waals surface area (Å²) in [6.45, 7) is 2.35. The van der Waals surface area contributed by atoms with E-state index >= 15 is 0 Å². The fraction of sp³-hybridized carbons (Fsp3) is 0.125. The molecule has 2 aromatic rings. The summed E-state index contributed by atoms with van der Waals surface area (Å²) in [6, 6.07) is 11.1. The minimum atomic E-state index is -0.541. The van der Waals surface area contributed by atoms with Gasteiger partial charge in [0, 0.05) is 10.6 Å². The van der Waals surface area contributed by atoms with Gasteiger partial charge in [-0.2, -0.15) is 0 Å². The number of carbonyl (C=O) groups is 2. The first kappa shape index (κ1) is 17.1. The van der Waals surface area contributed by atoms with Crippen molar-refractivity contribution in [3.63, 3.8) is 0 Å². The Morgan fingerprint density at radius 2 is 1.78 bits per heavy atom. The third-order valence-corrected chi connectivity index (χ3v) is 3.42. The second-order valence-electron chi connectivity index (χ2n) is 4.49. The van der Waals surface area contributed by atoms with Gasteiger partial charge in [-0.1, -0.05) is 29.3 Å². The van der Waals surface area contributed by atoms with Crippen LogP contribution in [-0.2, 0) is 0 Å². The molecule has 2 rings (SSSR count). The molecule has 0 aliphatic heterocycles. The first-order valence-electron chi connectivity index (χ1n) is 6.80. The summed E-state index contributed by atoms with van der Waals surface area (Å²) in [4.78, 5) is 24.0. The minimum absolute atomic E-state index is 0.197. The van der Waals surface area contributed by atoms with E-state index in [-0.39, 0.29) is 10.6 Å². The molecule has 0 heterocycles. The maximum atomic E-state index is 12.0. The number of carbonyl (C=O) groups excluding carboxylic acids is 2. The highest BCUT2D eigenvalue weighted by Crippen LogP contribution is 2.20. The van der Waals surface area contributed by atoms with E-state index < -0.39 is 11.8 Å². The lowest BCUT2D eigenvalue weighted by Gasteiger charge is -2.09. The standard InChI is InChI=1S/C16H14Cl2N2O3/c1-2-23-12-5-3-4-10(8-12)15(21)19-20-16(22)13-7-6-11(17)9-14(13)18/h3-9H,2H2,1H3,(H,19,21)(H,20,22). The molecule has 0 aliphatic rings. The monoisotopic (exact) mass is 352 g/mol. The van der Waals surface area contributed by atoms with Crippen molar-refractivity contribution in [2.24, 2.45) is 0 Å². The summed E-state index contributed by atoms with van der Waals surface area (Å²) < 4.78 is 5.32. The van der Waals surface area contributed by atoms with E-state index in [0.29, 0.717) is 22.9 Å². The van der Waals surface area contributed by atoms with Gasteiger partial charge < -0.3 is 4.74 Å². The molecule has 0 saturated heterocycles. The topological polar surface area (TPSA) is 67.4 Å². The van der Waals surface area contributed by atoms with Gasteiger partial charge in [0.15, 0.2) is 0 Å². The number of hydrogen-bond acceptors (Lipinski definition) is 3. The molecule has 23 heavy (non-hydrogen) atoms. The van der Waals surface area contributed by atoms with E-state index in [1.54, 1.807) is 24.3 Å². The van der Waals surface area contributed by atoms with Crippen molar-refractivity contribution in [1.82, 2.24) is 10.9 Å². The maximum absolute atomic E-state index is 12.0. The third-order valence-electron chi connectivity index (χ3n) is 2.87. The molecule has 0 saturated carbocycles. The Morgan fingerprint density at radius 3 is 2.48 bits per heavy atom. The van der Waals surface area contributed by atoms with Crippen LogP contribution in [-0.4, -0.2) is 18.4 Å². The summed E-state index contributed by atoms with van der Waals surface area (Å²) in [7, 11) is 0. The third kappa shape index (κ3) is 4.61. The van der Waals surface area contributed by atoms with Gasteiger partial charge in [-0.25, -0.2) is 0 Å². The molecule has 0 unspecified atom stereocenters. The van der Waals surface area contributed by atoms with Crippen molar-refractivity contribution >= 4 is 35.0 Å². The lowest BCUT2D eigenvalue weighted by atomic mass is 10.2. The Morgan fingerprint density at radius 1 is 1.04 bits per heavy atom. The molecule has 120 valence electrons. The molecule has 0 aliphatic carbocycles. The fourth-order valence-electron chi connectivity index (χ4n) is 1.82. The number of ether oxygens (including phenoxy) is 1. The first-order valence-corrected chi connectivity index (χ1v) is 7.55. The average Bonchev–Trinajstić information content (AvgIpc) is 2.53. The van der Waals surface area contributed by atoms with Crippen molar-refractivity contribution in [2.45, 2.75) is 6.92 Å². The van der Waals surface area contributed by atoms with E-state index in [0.717, 1.165) is 0 Å². The first-order chi connectivity index (χ1) is 11.0. The van der Waals surface area contributed by atoms with Gasteiger partial charge in [-0.15, -0.1) is 0 Å². The van der Waals surface area contributed by atoms with Gasteiger partial charge in [0.2, 0.25) is 0 Å². The number of hydrazine groups is 1. The molecule has 0 atom stereocenters. The van der Waals surface area contributed by atoms with Crippen LogP contribution in [0.25, 0.3) is 0 Å². The highest BCUT2D eigenvalue weighted by molar-refractivity contribution is 6.36. The van der Waals surface area contributed by atoms with Gasteiger partial charge in [0.1, 0.15) is 5.75 Å². The highest BCUT2D eigenvalue weighted by Gasteiger charge is 2.12. The minimum Gasteiger partial charge on any atom is -0.494 e. The van der Waals surface area contributed by atoms with Crippen LogP contribution in [0.2, 0.25) is 10.0 Å². The molecule has 7 heteroatoms. The summed E-state index contributed by atoms with van der Waals surface area (Å²) in [5.74, 6) is -0.432. The normalized spacial score (nSPS) is 10.0. The zero-order valence-corrected chi connectivity index (χ0v) is 13.7. The molecular formula is C16H14Cl2N2O3. The van der Waals surface area contributed by atoms with Gasteiger partial charge in [0.05, 0.1) is 17.2 Å². The number of halogens is 2. The molecule has 0 bridgehead atoms. The van der Waals surface area contributed by atoms with Crippen LogP contribution in [0.1, 0.15) is 27.6 Å². The highest BCUT2D eigenvalue weighted by atomic mass is 35.5. The van der Waals surface area contributed by atoms with E-state index in [9.17, 15) is 9.59 Å². The Hall–Kier alpha value is -2.24. The van der Waals surface area contributed by atoms with Crippen molar-refractivity contribution in [2.75, 3.05) is 6.61 Å². The van der Waals surface area contributed by atoms with Gasteiger partial charge in [0.25, 0.3) is 11.8 Å². The van der Waals surface area contributed by atoms with Crippen LogP contribution in [0, 0.1) is 0 Å². The van der Waals surface area contributed by atoms with E-state index in [1.807, 2.05) is 6.92 Å². The molecule has 0 spiro atoms. The van der Waals surface area contributed by atoms with Crippen LogP contribution in [0.3, 0.4) is 0 Å². The number of hydrogen-bond donors (Lipinski definition) is 2. The van der Waals surface area contributed by atoms with Gasteiger partial charge in [-0.05, 0) is 43.3 Å². The van der Waals surface area contributed by atoms with Gasteiger partial charge >= 0.3 is 0 Å². The molecule has 2 amide bonds. The van der Waals surface area contributed by atoms with Crippen LogP contribution >= 0.6 is 23.2 Å². The summed E-state index contributed by atoms with van der Waals surface area (Å²) >= 11 is 11.7. The van der Waals surface area contributed by atoms with Crippen LogP contribution in [0.5, 0.6) is 5.75 Å². The zero-order valence-electron chi connectivity index (χ0n) is 12.2. The molecule has 0 aromatic heterocycles. The van der Waals surface area contributed by atoms with E-state index in [4.69, 9.17) is 27.9 Å². The zero-order chi connectivity index (χ0) is 16.8. The van der Waals surface area contributed by atoms with Crippen LogP contribution in [0.15, 0.2) is 42.5 Å². The molecule has 2 N–H and O–H groups in total. The van der Waals surface area contributed by atoms with Crippen LogP contribution in [0.4, 0.5) is 0 Å². The second-order valence-corrected chi connectivity index (χ2v) is 5.34. The lowest BCUT2D eigenvalue weighted by Crippen LogP contribution is -2.41. The quantitative estimate of drug-likeness (QED) is 0.828. The predicted molar refractivity (Wildman–Crippen MR) is 89.0 cm³/mol. The van der Waals surface area contributed by atoms with Crippen molar-refractivity contribution in [3.05, 3.63) is 63.6 Å². The predicted octanol–water partition coefficient (Wildman–Crippen LogP) is 3.47. The Balaban J connectivity index is 2.01. The summed E-state index contributed by atoms with van der Waals surface area (Å²) in [5.41, 5.74) is 5.19. The van der Waals surface area contributed by atoms with E-state index in [2.05, 4.69) is 10.9 Å². The van der Waals surface area contributed by atoms with Gasteiger partial charge in [-0.3, -0.25) is 20.4 Å². The molecular weight excluding hydrogens is 339 g/mol. The molecule has 2 aromatic carbocycles. The number of benzene rings is 2. The summed E-state index contributed by atoms with van der Waals surface area (Å²) in [5, 5.41) is 0.617. The average molecular weight is 353 g/mol. The number of nitrogens with one attached hydrogen (secondary N) is 2. The fourth-order valence-corrected chi connectivity index (χ4v) is 2.31. The lowest BCUT2D eigenvalue weighted by molar-refractivity contribution is 0.0846. The molecule has 0 fully saturated rings. The van der Waals surface area contributed by atoms with Crippen molar-refractivity contribution < 1.29 is 14.3 Å². The summed E-state index contributed by atoms with van der Waals surface area (Å²) in [6.07, 6.45) is 0. The number of rotatable bonds is 4. The largest absolute Gasteiger partial charge is 0.494 e. The maximum Gasteiger partial charge on any atom is 0.271 e. The van der Waals surface area contributed by atoms with Crippen LogP contribution < -0.4 is 15.6 Å². The Labute approximate surface area is 143 Å². The second kappa shape index (κ2) is 7.85. The SMILES string of the molecule is CCOc1cccc(C(=O)NNC(=O)c2ccc(Cl)cc2Cl)c1. The smallest absolute Gasteiger partial charge is 0.271 e. The van der Waals surface area contributed by atoms with Crippen molar-refractivity contribution in [3.8, 4) is 5.75 Å². The van der Waals surface area contributed by atoms with Crippen molar-refractivity contribution in [1.29, 1.82) is 0 Å². The molecule has 5 nitrogen and oxygen atoms in total. The Bertz CT molecular complexity index is 735.